The largest absolute Gasteiger partial charge is 0.483 e. The van der Waals surface area contributed by atoms with Crippen molar-refractivity contribution in [3.63, 3.8) is 0 Å². The number of benzene rings is 1. The number of nitrogens with zero attached hydrogens (tertiary/aromatic N) is 2. The highest BCUT2D eigenvalue weighted by Crippen LogP contribution is 2.50. The third-order valence-corrected chi connectivity index (χ3v) is 6.57. The van der Waals surface area contributed by atoms with Gasteiger partial charge in [0.25, 0.3) is 5.91 Å². The van der Waals surface area contributed by atoms with Gasteiger partial charge in [-0.2, -0.15) is 0 Å². The quantitative estimate of drug-likeness (QED) is 0.711. The molecule has 3 aliphatic rings. The van der Waals surface area contributed by atoms with Gasteiger partial charge in [-0.25, -0.2) is 4.79 Å². The summed E-state index contributed by atoms with van der Waals surface area (Å²) in [5.41, 5.74) is 0.212. The second kappa shape index (κ2) is 7.00. The van der Waals surface area contributed by atoms with Gasteiger partial charge in [0.2, 0.25) is 5.43 Å². The van der Waals surface area contributed by atoms with E-state index in [0.717, 1.165) is 31.4 Å². The number of pyridine rings is 1. The molecule has 1 aromatic carbocycles. The number of rotatable bonds is 5. The van der Waals surface area contributed by atoms with Crippen LogP contribution < -0.4 is 10.2 Å². The van der Waals surface area contributed by atoms with Gasteiger partial charge in [-0.05, 0) is 37.7 Å². The van der Waals surface area contributed by atoms with E-state index in [9.17, 15) is 14.4 Å². The topological polar surface area (TPSA) is 77.8 Å². The highest BCUT2D eigenvalue weighted by molar-refractivity contribution is 5.98. The summed E-state index contributed by atoms with van der Waals surface area (Å²) >= 11 is 0. The molecule has 1 saturated carbocycles. The van der Waals surface area contributed by atoms with E-state index in [1.54, 1.807) is 11.5 Å². The molecule has 1 spiro atoms. The van der Waals surface area contributed by atoms with Crippen molar-refractivity contribution in [1.29, 1.82) is 0 Å². The summed E-state index contributed by atoms with van der Waals surface area (Å²) in [5, 5.41) is 0. The maximum atomic E-state index is 13.4. The van der Waals surface area contributed by atoms with Crippen molar-refractivity contribution in [3.05, 3.63) is 63.6 Å². The van der Waals surface area contributed by atoms with Crippen molar-refractivity contribution in [1.82, 2.24) is 9.47 Å². The average molecular weight is 408 g/mol. The van der Waals surface area contributed by atoms with E-state index in [-0.39, 0.29) is 41.7 Å². The molecule has 2 fully saturated rings. The monoisotopic (exact) mass is 408 g/mol. The predicted molar refractivity (Wildman–Crippen MR) is 109 cm³/mol. The Morgan fingerprint density at radius 1 is 1.23 bits per heavy atom. The number of fused-ring (bicyclic) bond motifs is 2. The molecule has 0 N–H and O–H groups in total. The maximum absolute atomic E-state index is 13.4. The highest BCUT2D eigenvalue weighted by atomic mass is 16.5. The zero-order valence-electron chi connectivity index (χ0n) is 16.9. The minimum absolute atomic E-state index is 0.0629. The maximum Gasteiger partial charge on any atom is 0.343 e. The van der Waals surface area contributed by atoms with Gasteiger partial charge in [0.1, 0.15) is 12.2 Å². The van der Waals surface area contributed by atoms with Crippen LogP contribution in [-0.2, 0) is 17.9 Å². The van der Waals surface area contributed by atoms with E-state index in [0.29, 0.717) is 12.5 Å². The van der Waals surface area contributed by atoms with Crippen molar-refractivity contribution >= 4 is 11.9 Å². The second-order valence-electron chi connectivity index (χ2n) is 8.42. The van der Waals surface area contributed by atoms with Crippen LogP contribution >= 0.6 is 0 Å². The standard InChI is InChI=1S/C23H24N2O5/c1-2-29-22(28)17-12-24-14-23-9-8-16(10-23)11-25(23)21(27)18(24)20(19(17)26)30-13-15-6-4-3-5-7-15/h3-7,12,16H,2,8-11,13-14H2,1H3/t16?,23-/m0/s1. The van der Waals surface area contributed by atoms with Crippen molar-refractivity contribution in [3.8, 4) is 5.75 Å². The summed E-state index contributed by atoms with van der Waals surface area (Å²) in [7, 11) is 0. The number of carbonyl (C=O) groups excluding carboxylic acids is 2. The molecule has 1 aliphatic carbocycles. The van der Waals surface area contributed by atoms with Crippen LogP contribution in [0.5, 0.6) is 5.75 Å². The van der Waals surface area contributed by atoms with Crippen LogP contribution in [0.1, 0.15) is 52.6 Å². The van der Waals surface area contributed by atoms with E-state index in [1.807, 2.05) is 35.2 Å². The smallest absolute Gasteiger partial charge is 0.343 e. The van der Waals surface area contributed by atoms with Gasteiger partial charge in [-0.15, -0.1) is 0 Å². The van der Waals surface area contributed by atoms with Gasteiger partial charge in [0, 0.05) is 19.3 Å². The number of piperidine rings is 1. The number of carbonyl (C=O) groups is 2. The lowest BCUT2D eigenvalue weighted by atomic mass is 9.93. The number of esters is 1. The van der Waals surface area contributed by atoms with Crippen molar-refractivity contribution in [2.24, 2.45) is 5.92 Å². The van der Waals surface area contributed by atoms with E-state index >= 15 is 0 Å². The van der Waals surface area contributed by atoms with Crippen LogP contribution in [0, 0.1) is 5.92 Å². The molecule has 7 nitrogen and oxygen atoms in total. The fourth-order valence-electron chi connectivity index (χ4n) is 5.24. The Morgan fingerprint density at radius 2 is 2.03 bits per heavy atom. The molecular weight excluding hydrogens is 384 g/mol. The third kappa shape index (κ3) is 2.83. The molecular formula is C23H24N2O5. The van der Waals surface area contributed by atoms with E-state index in [1.165, 1.54) is 6.20 Å². The van der Waals surface area contributed by atoms with Gasteiger partial charge in [-0.1, -0.05) is 30.3 Å². The molecule has 1 unspecified atom stereocenters. The first-order valence-electron chi connectivity index (χ1n) is 10.5. The Bertz CT molecular complexity index is 1080. The van der Waals surface area contributed by atoms with Gasteiger partial charge in [0.15, 0.2) is 11.4 Å². The molecule has 1 saturated heterocycles. The lowest BCUT2D eigenvalue weighted by Gasteiger charge is -2.44. The van der Waals surface area contributed by atoms with Gasteiger partial charge < -0.3 is 18.9 Å². The number of hydrogen-bond acceptors (Lipinski definition) is 5. The molecule has 30 heavy (non-hydrogen) atoms. The molecule has 2 atom stereocenters. The van der Waals surface area contributed by atoms with Gasteiger partial charge >= 0.3 is 5.97 Å². The minimum Gasteiger partial charge on any atom is -0.483 e. The SMILES string of the molecule is CCOC(=O)c1cn2c(c(OCc3ccccc3)c1=O)C(=O)N1CC3CC[C@]1(C3)C2. The molecule has 7 heteroatoms. The lowest BCUT2D eigenvalue weighted by Crippen LogP contribution is -2.55. The minimum atomic E-state index is -0.689. The Hall–Kier alpha value is -3.09. The van der Waals surface area contributed by atoms with Crippen LogP contribution in [0.3, 0.4) is 0 Å². The van der Waals surface area contributed by atoms with Crippen LogP contribution in [0.2, 0.25) is 0 Å². The van der Waals surface area contributed by atoms with E-state index < -0.39 is 11.4 Å². The molecule has 1 amide bonds. The number of hydrogen-bond donors (Lipinski definition) is 0. The molecule has 2 bridgehead atoms. The Kier molecular flexibility index (Phi) is 4.41. The zero-order valence-corrected chi connectivity index (χ0v) is 16.9. The van der Waals surface area contributed by atoms with E-state index in [4.69, 9.17) is 9.47 Å². The second-order valence-corrected chi connectivity index (χ2v) is 8.42. The fourth-order valence-corrected chi connectivity index (χ4v) is 5.24. The summed E-state index contributed by atoms with van der Waals surface area (Å²) in [6, 6.07) is 9.43. The summed E-state index contributed by atoms with van der Waals surface area (Å²) in [5.74, 6) is -0.426. The Balaban J connectivity index is 1.60. The summed E-state index contributed by atoms with van der Waals surface area (Å²) in [6.07, 6.45) is 4.52. The van der Waals surface area contributed by atoms with Crippen molar-refractivity contribution in [2.45, 2.75) is 44.9 Å². The summed E-state index contributed by atoms with van der Waals surface area (Å²) in [4.78, 5) is 41.0. The predicted octanol–water partition coefficient (Wildman–Crippen LogP) is 2.61. The first-order chi connectivity index (χ1) is 14.5. The van der Waals surface area contributed by atoms with Crippen molar-refractivity contribution in [2.75, 3.05) is 13.2 Å². The molecule has 156 valence electrons. The van der Waals surface area contributed by atoms with Crippen LogP contribution in [-0.4, -0.2) is 40.0 Å². The number of amides is 1. The van der Waals surface area contributed by atoms with E-state index in [2.05, 4.69) is 0 Å². The van der Waals surface area contributed by atoms with Crippen LogP contribution in [0.25, 0.3) is 0 Å². The van der Waals surface area contributed by atoms with Crippen LogP contribution in [0.4, 0.5) is 0 Å². The normalized spacial score (nSPS) is 23.8. The first kappa shape index (κ1) is 18.9. The molecule has 0 radical (unpaired) electrons. The third-order valence-electron chi connectivity index (χ3n) is 6.57. The zero-order chi connectivity index (χ0) is 20.9. The molecule has 2 aliphatic heterocycles. The summed E-state index contributed by atoms with van der Waals surface area (Å²) < 4.78 is 12.7. The van der Waals surface area contributed by atoms with Crippen molar-refractivity contribution < 1.29 is 19.1 Å². The molecule has 2 aromatic rings. The Morgan fingerprint density at radius 3 is 2.77 bits per heavy atom. The molecule has 5 rings (SSSR count). The highest BCUT2D eigenvalue weighted by Gasteiger charge is 2.56. The lowest BCUT2D eigenvalue weighted by molar-refractivity contribution is 0.0387. The number of aromatic nitrogens is 1. The van der Waals surface area contributed by atoms with Gasteiger partial charge in [0.05, 0.1) is 12.1 Å². The average Bonchev–Trinajstić information content (AvgIpc) is 3.32. The van der Waals surface area contributed by atoms with Gasteiger partial charge in [-0.3, -0.25) is 9.59 Å². The van der Waals surface area contributed by atoms with Crippen LogP contribution in [0.15, 0.2) is 41.3 Å². The summed E-state index contributed by atoms with van der Waals surface area (Å²) in [6.45, 7) is 3.29. The Labute approximate surface area is 174 Å². The molecule has 3 heterocycles. The fraction of sp³-hybridized carbons (Fsp3) is 0.435. The first-order valence-corrected chi connectivity index (χ1v) is 10.5. The number of ether oxygens (including phenoxy) is 2. The molecule has 1 aromatic heterocycles.